The van der Waals surface area contributed by atoms with Gasteiger partial charge in [0.1, 0.15) is 5.01 Å². The van der Waals surface area contributed by atoms with Crippen molar-refractivity contribution in [3.63, 3.8) is 0 Å². The van der Waals surface area contributed by atoms with Crippen LogP contribution in [0.4, 0.5) is 0 Å². The van der Waals surface area contributed by atoms with Crippen LogP contribution < -0.4 is 5.32 Å². The molecule has 5 heteroatoms. The van der Waals surface area contributed by atoms with Gasteiger partial charge in [0.05, 0.1) is 22.8 Å². The summed E-state index contributed by atoms with van der Waals surface area (Å²) in [6.45, 7) is 1.51. The predicted octanol–water partition coefficient (Wildman–Crippen LogP) is 4.27. The molecular formula is C20H27N3OS. The largest absolute Gasteiger partial charge is 0.352 e. The molecule has 134 valence electrons. The van der Waals surface area contributed by atoms with Crippen LogP contribution in [0.2, 0.25) is 0 Å². The van der Waals surface area contributed by atoms with Crippen molar-refractivity contribution in [2.75, 3.05) is 13.1 Å². The maximum atomic E-state index is 12.6. The fourth-order valence-electron chi connectivity index (χ4n) is 4.20. The molecule has 2 aliphatic rings. The molecule has 1 saturated carbocycles. The highest BCUT2D eigenvalue weighted by atomic mass is 32.1. The number of thiazole rings is 1. The number of piperidine rings is 1. The molecule has 2 fully saturated rings. The molecule has 4 nitrogen and oxygen atoms in total. The van der Waals surface area contributed by atoms with E-state index in [0.29, 0.717) is 18.6 Å². The van der Waals surface area contributed by atoms with Gasteiger partial charge in [0.15, 0.2) is 0 Å². The number of nitrogens with one attached hydrogen (secondary N) is 1. The first-order valence-electron chi connectivity index (χ1n) is 9.68. The topological polar surface area (TPSA) is 45.2 Å². The molecule has 2 heterocycles. The van der Waals surface area contributed by atoms with Gasteiger partial charge < -0.3 is 5.32 Å². The van der Waals surface area contributed by atoms with E-state index in [2.05, 4.69) is 28.4 Å². The Morgan fingerprint density at radius 2 is 1.92 bits per heavy atom. The van der Waals surface area contributed by atoms with E-state index in [4.69, 9.17) is 4.98 Å². The minimum Gasteiger partial charge on any atom is -0.352 e. The van der Waals surface area contributed by atoms with Crippen LogP contribution in [0.15, 0.2) is 24.3 Å². The Balaban J connectivity index is 1.44. The van der Waals surface area contributed by atoms with Crippen LogP contribution >= 0.6 is 11.3 Å². The number of para-hydroxylation sites is 1. The van der Waals surface area contributed by atoms with E-state index in [9.17, 15) is 4.79 Å². The Labute approximate surface area is 153 Å². The molecule has 0 spiro atoms. The molecule has 1 aromatic heterocycles. The van der Waals surface area contributed by atoms with E-state index in [1.807, 2.05) is 6.07 Å². The van der Waals surface area contributed by atoms with Crippen LogP contribution in [0.3, 0.4) is 0 Å². The smallest absolute Gasteiger partial charge is 0.234 e. The Kier molecular flexibility index (Phi) is 5.32. The fourth-order valence-corrected chi connectivity index (χ4v) is 5.33. The van der Waals surface area contributed by atoms with Crippen LogP contribution in [0, 0.1) is 0 Å². The first kappa shape index (κ1) is 17.0. The molecule has 0 unspecified atom stereocenters. The first-order chi connectivity index (χ1) is 12.3. The lowest BCUT2D eigenvalue weighted by Gasteiger charge is -2.34. The lowest BCUT2D eigenvalue weighted by molar-refractivity contribution is -0.124. The lowest BCUT2D eigenvalue weighted by atomic mass is 9.95. The van der Waals surface area contributed by atoms with Crippen LogP contribution in [0.1, 0.15) is 62.4 Å². The molecule has 1 aliphatic heterocycles. The van der Waals surface area contributed by atoms with Crippen molar-refractivity contribution in [3.05, 3.63) is 29.3 Å². The molecule has 1 aromatic carbocycles. The SMILES string of the molecule is O=C(CN1CCCC[C@H]1c1nc2ccccc2s1)NC1CCCCC1. The summed E-state index contributed by atoms with van der Waals surface area (Å²) in [4.78, 5) is 19.8. The summed E-state index contributed by atoms with van der Waals surface area (Å²) in [5.74, 6) is 0.194. The van der Waals surface area contributed by atoms with Crippen LogP contribution in [-0.2, 0) is 4.79 Å². The molecule has 4 rings (SSSR count). The third-order valence-electron chi connectivity index (χ3n) is 5.53. The zero-order valence-electron chi connectivity index (χ0n) is 14.7. The first-order valence-corrected chi connectivity index (χ1v) is 10.5. The number of amides is 1. The molecule has 1 amide bonds. The predicted molar refractivity (Wildman–Crippen MR) is 103 cm³/mol. The van der Waals surface area contributed by atoms with Crippen molar-refractivity contribution in [2.24, 2.45) is 0 Å². The Morgan fingerprint density at radius 1 is 1.12 bits per heavy atom. The molecule has 1 atom stereocenters. The molecule has 1 aliphatic carbocycles. The van der Waals surface area contributed by atoms with Crippen molar-refractivity contribution in [3.8, 4) is 0 Å². The second kappa shape index (κ2) is 7.83. The average molecular weight is 358 g/mol. The van der Waals surface area contributed by atoms with Crippen LogP contribution in [-0.4, -0.2) is 34.9 Å². The van der Waals surface area contributed by atoms with Gasteiger partial charge in [-0.05, 0) is 44.4 Å². The second-order valence-corrected chi connectivity index (χ2v) is 8.47. The number of benzene rings is 1. The van der Waals surface area contributed by atoms with Crippen molar-refractivity contribution >= 4 is 27.5 Å². The zero-order chi connectivity index (χ0) is 17.1. The van der Waals surface area contributed by atoms with Gasteiger partial charge >= 0.3 is 0 Å². The Bertz CT molecular complexity index is 690. The summed E-state index contributed by atoms with van der Waals surface area (Å²) in [6, 6.07) is 9.02. The second-order valence-electron chi connectivity index (χ2n) is 7.40. The average Bonchev–Trinajstić information content (AvgIpc) is 3.07. The van der Waals surface area contributed by atoms with E-state index in [1.54, 1.807) is 11.3 Å². The van der Waals surface area contributed by atoms with Gasteiger partial charge in [-0.25, -0.2) is 4.98 Å². The van der Waals surface area contributed by atoms with Gasteiger partial charge in [0.2, 0.25) is 5.91 Å². The van der Waals surface area contributed by atoms with Gasteiger partial charge in [-0.3, -0.25) is 9.69 Å². The van der Waals surface area contributed by atoms with Crippen LogP contribution in [0.25, 0.3) is 10.2 Å². The van der Waals surface area contributed by atoms with Gasteiger partial charge in [0, 0.05) is 6.04 Å². The van der Waals surface area contributed by atoms with Crippen molar-refractivity contribution in [1.82, 2.24) is 15.2 Å². The molecule has 2 aromatic rings. The summed E-state index contributed by atoms with van der Waals surface area (Å²) in [6.07, 6.45) is 9.63. The normalized spacial score (nSPS) is 23.0. The number of nitrogens with zero attached hydrogens (tertiary/aromatic N) is 2. The van der Waals surface area contributed by atoms with E-state index < -0.39 is 0 Å². The minimum atomic E-state index is 0.194. The standard InChI is InChI=1S/C20H27N3OS/c24-19(21-15-8-2-1-3-9-15)14-23-13-7-6-11-17(23)20-22-16-10-4-5-12-18(16)25-20/h4-5,10,12,15,17H,1-3,6-9,11,13-14H2,(H,21,24)/t17-/m0/s1. The van der Waals surface area contributed by atoms with Gasteiger partial charge in [0.25, 0.3) is 0 Å². The number of aromatic nitrogens is 1. The highest BCUT2D eigenvalue weighted by Crippen LogP contribution is 2.35. The third kappa shape index (κ3) is 4.04. The zero-order valence-corrected chi connectivity index (χ0v) is 15.6. The maximum absolute atomic E-state index is 12.6. The number of carbonyl (C=O) groups excluding carboxylic acids is 1. The summed E-state index contributed by atoms with van der Waals surface area (Å²) in [7, 11) is 0. The molecule has 0 bridgehead atoms. The summed E-state index contributed by atoms with van der Waals surface area (Å²) < 4.78 is 1.25. The van der Waals surface area contributed by atoms with E-state index >= 15 is 0 Å². The fraction of sp³-hybridized carbons (Fsp3) is 0.600. The summed E-state index contributed by atoms with van der Waals surface area (Å²) in [5.41, 5.74) is 1.08. The monoisotopic (exact) mass is 357 g/mol. The quantitative estimate of drug-likeness (QED) is 0.889. The van der Waals surface area contributed by atoms with Gasteiger partial charge in [-0.15, -0.1) is 11.3 Å². The van der Waals surface area contributed by atoms with Crippen molar-refractivity contribution < 1.29 is 4.79 Å². The Morgan fingerprint density at radius 3 is 2.76 bits per heavy atom. The molecule has 0 radical (unpaired) electrons. The third-order valence-corrected chi connectivity index (χ3v) is 6.66. The highest BCUT2D eigenvalue weighted by Gasteiger charge is 2.28. The van der Waals surface area contributed by atoms with E-state index in [-0.39, 0.29) is 5.91 Å². The number of rotatable bonds is 4. The number of carbonyl (C=O) groups is 1. The van der Waals surface area contributed by atoms with Crippen molar-refractivity contribution in [1.29, 1.82) is 0 Å². The summed E-state index contributed by atoms with van der Waals surface area (Å²) in [5, 5.41) is 4.44. The number of hydrogen-bond donors (Lipinski definition) is 1. The van der Waals surface area contributed by atoms with E-state index in [0.717, 1.165) is 31.3 Å². The van der Waals surface area contributed by atoms with Crippen LogP contribution in [0.5, 0.6) is 0 Å². The van der Waals surface area contributed by atoms with Gasteiger partial charge in [-0.1, -0.05) is 37.8 Å². The Hall–Kier alpha value is -1.46. The molecule has 25 heavy (non-hydrogen) atoms. The van der Waals surface area contributed by atoms with Gasteiger partial charge in [-0.2, -0.15) is 0 Å². The maximum Gasteiger partial charge on any atom is 0.234 e. The van der Waals surface area contributed by atoms with E-state index in [1.165, 1.54) is 41.8 Å². The molecular weight excluding hydrogens is 330 g/mol. The lowest BCUT2D eigenvalue weighted by Crippen LogP contribution is -2.45. The van der Waals surface area contributed by atoms with Crippen molar-refractivity contribution in [2.45, 2.75) is 63.5 Å². The molecule has 1 N–H and O–H groups in total. The number of likely N-dealkylation sites (tertiary alicyclic amines) is 1. The molecule has 1 saturated heterocycles. The minimum absolute atomic E-state index is 0.194. The number of fused-ring (bicyclic) bond motifs is 1. The highest BCUT2D eigenvalue weighted by molar-refractivity contribution is 7.18. The number of hydrogen-bond acceptors (Lipinski definition) is 4. The summed E-state index contributed by atoms with van der Waals surface area (Å²) >= 11 is 1.79.